The zero-order valence-electron chi connectivity index (χ0n) is 18.8. The largest absolute Gasteiger partial charge is 0.321 e. The summed E-state index contributed by atoms with van der Waals surface area (Å²) in [4.78, 5) is 36.5. The van der Waals surface area contributed by atoms with Crippen molar-refractivity contribution >= 4 is 44.2 Å². The average molecular weight is 479 g/mol. The number of hydrogen-bond donors (Lipinski definition) is 1. The highest BCUT2D eigenvalue weighted by atomic mass is 32.1. The number of rotatable bonds is 7. The molecule has 5 rings (SSSR count). The number of pyridine rings is 1. The number of fused-ring (bicyclic) bond motifs is 1. The maximum atomic E-state index is 13.6. The number of para-hydroxylation sites is 1. The first-order valence-corrected chi connectivity index (χ1v) is 12.0. The van der Waals surface area contributed by atoms with Crippen LogP contribution in [0.1, 0.15) is 26.4 Å². The lowest BCUT2D eigenvalue weighted by Crippen LogP contribution is -2.32. The van der Waals surface area contributed by atoms with E-state index in [-0.39, 0.29) is 11.8 Å². The average Bonchev–Trinajstić information content (AvgIpc) is 3.34. The zero-order chi connectivity index (χ0) is 24.0. The highest BCUT2D eigenvalue weighted by Crippen LogP contribution is 2.30. The van der Waals surface area contributed by atoms with E-state index in [1.54, 1.807) is 53.6 Å². The van der Waals surface area contributed by atoms with Crippen LogP contribution in [0.4, 0.5) is 10.8 Å². The molecule has 7 heteroatoms. The Bertz CT molecular complexity index is 1420. The van der Waals surface area contributed by atoms with E-state index in [1.807, 2.05) is 42.5 Å². The Kier molecular flexibility index (Phi) is 6.59. The van der Waals surface area contributed by atoms with Crippen molar-refractivity contribution in [2.24, 2.45) is 0 Å². The molecular formula is C28H22N4O2S. The lowest BCUT2D eigenvalue weighted by Gasteiger charge is -2.20. The van der Waals surface area contributed by atoms with E-state index in [9.17, 15) is 9.59 Å². The number of thiazole rings is 1. The van der Waals surface area contributed by atoms with Crippen molar-refractivity contribution in [2.75, 3.05) is 16.8 Å². The quantitative estimate of drug-likeness (QED) is 0.319. The van der Waals surface area contributed by atoms with E-state index in [1.165, 1.54) is 11.3 Å². The third-order valence-corrected chi connectivity index (χ3v) is 6.57. The number of nitrogens with one attached hydrogen (secondary N) is 1. The van der Waals surface area contributed by atoms with Gasteiger partial charge in [0.05, 0.1) is 10.2 Å². The zero-order valence-corrected chi connectivity index (χ0v) is 19.6. The van der Waals surface area contributed by atoms with Crippen LogP contribution >= 0.6 is 11.3 Å². The summed E-state index contributed by atoms with van der Waals surface area (Å²) in [6, 6.07) is 30.0. The monoisotopic (exact) mass is 478 g/mol. The minimum Gasteiger partial charge on any atom is -0.321 e. The summed E-state index contributed by atoms with van der Waals surface area (Å²) in [6.45, 7) is 0.501. The predicted molar refractivity (Wildman–Crippen MR) is 140 cm³/mol. The second kappa shape index (κ2) is 10.3. The molecule has 3 aromatic carbocycles. The Morgan fingerprint density at radius 3 is 2.31 bits per heavy atom. The van der Waals surface area contributed by atoms with Crippen molar-refractivity contribution in [3.05, 3.63) is 120 Å². The molecule has 0 spiro atoms. The molecule has 5 aromatic rings. The van der Waals surface area contributed by atoms with Crippen molar-refractivity contribution in [1.29, 1.82) is 0 Å². The molecule has 2 amide bonds. The molecule has 0 aliphatic rings. The van der Waals surface area contributed by atoms with Gasteiger partial charge in [-0.25, -0.2) is 4.98 Å². The van der Waals surface area contributed by atoms with Gasteiger partial charge >= 0.3 is 0 Å². The number of anilines is 2. The van der Waals surface area contributed by atoms with Gasteiger partial charge in [-0.2, -0.15) is 0 Å². The van der Waals surface area contributed by atoms with E-state index in [2.05, 4.69) is 22.4 Å². The summed E-state index contributed by atoms with van der Waals surface area (Å²) in [6.07, 6.45) is 2.28. The fourth-order valence-corrected chi connectivity index (χ4v) is 4.68. The van der Waals surface area contributed by atoms with Gasteiger partial charge < -0.3 is 5.32 Å². The van der Waals surface area contributed by atoms with Crippen LogP contribution in [0.5, 0.6) is 0 Å². The smallest absolute Gasteiger partial charge is 0.274 e. The van der Waals surface area contributed by atoms with E-state index < -0.39 is 0 Å². The molecule has 0 bridgehead atoms. The van der Waals surface area contributed by atoms with Crippen molar-refractivity contribution in [2.45, 2.75) is 6.42 Å². The SMILES string of the molecule is O=C(Nc1ccc(C(=O)N(CCc2ccccc2)c2nc3ccccc3s2)cc1)c1ccccn1. The summed E-state index contributed by atoms with van der Waals surface area (Å²) in [5.41, 5.74) is 3.47. The molecular weight excluding hydrogens is 456 g/mol. The topological polar surface area (TPSA) is 75.2 Å². The highest BCUT2D eigenvalue weighted by Gasteiger charge is 2.21. The molecule has 0 radical (unpaired) electrons. The van der Waals surface area contributed by atoms with Gasteiger partial charge in [0.25, 0.3) is 11.8 Å². The van der Waals surface area contributed by atoms with Gasteiger partial charge in [0.2, 0.25) is 0 Å². The summed E-state index contributed by atoms with van der Waals surface area (Å²) >= 11 is 1.50. The number of amides is 2. The van der Waals surface area contributed by atoms with Crippen LogP contribution in [0, 0.1) is 0 Å². The van der Waals surface area contributed by atoms with Gasteiger partial charge in [-0.1, -0.05) is 59.9 Å². The van der Waals surface area contributed by atoms with Crippen LogP contribution in [-0.2, 0) is 6.42 Å². The number of hydrogen-bond acceptors (Lipinski definition) is 5. The Morgan fingerprint density at radius 2 is 1.57 bits per heavy atom. The molecule has 0 aliphatic heterocycles. The summed E-state index contributed by atoms with van der Waals surface area (Å²) in [7, 11) is 0. The van der Waals surface area contributed by atoms with E-state index in [4.69, 9.17) is 4.98 Å². The van der Waals surface area contributed by atoms with Gasteiger partial charge in [0.15, 0.2) is 5.13 Å². The molecule has 35 heavy (non-hydrogen) atoms. The molecule has 6 nitrogen and oxygen atoms in total. The summed E-state index contributed by atoms with van der Waals surface area (Å²) in [5.74, 6) is -0.439. The van der Waals surface area contributed by atoms with Crippen molar-refractivity contribution in [3.8, 4) is 0 Å². The Labute approximate surface area is 206 Å². The van der Waals surface area contributed by atoms with Gasteiger partial charge in [-0.15, -0.1) is 0 Å². The fraction of sp³-hybridized carbons (Fsp3) is 0.0714. The van der Waals surface area contributed by atoms with Gasteiger partial charge in [-0.05, 0) is 60.5 Å². The molecule has 0 atom stereocenters. The first-order chi connectivity index (χ1) is 17.2. The van der Waals surface area contributed by atoms with Crippen molar-refractivity contribution in [1.82, 2.24) is 9.97 Å². The third-order valence-electron chi connectivity index (χ3n) is 5.51. The normalized spacial score (nSPS) is 10.7. The molecule has 0 aliphatic carbocycles. The van der Waals surface area contributed by atoms with E-state index in [0.29, 0.717) is 35.0 Å². The van der Waals surface area contributed by atoms with Crippen molar-refractivity contribution in [3.63, 3.8) is 0 Å². The van der Waals surface area contributed by atoms with Crippen LogP contribution in [-0.4, -0.2) is 28.3 Å². The Morgan fingerprint density at radius 1 is 0.829 bits per heavy atom. The first-order valence-electron chi connectivity index (χ1n) is 11.2. The lowest BCUT2D eigenvalue weighted by molar-refractivity contribution is 0.0986. The highest BCUT2D eigenvalue weighted by molar-refractivity contribution is 7.22. The van der Waals surface area contributed by atoms with Gasteiger partial charge in [0, 0.05) is 24.0 Å². The maximum absolute atomic E-state index is 13.6. The number of benzene rings is 3. The lowest BCUT2D eigenvalue weighted by atomic mass is 10.1. The maximum Gasteiger partial charge on any atom is 0.274 e. The number of carbonyl (C=O) groups is 2. The predicted octanol–water partition coefficient (Wildman–Crippen LogP) is 5.83. The van der Waals surface area contributed by atoms with Gasteiger partial charge in [-0.3, -0.25) is 19.5 Å². The summed E-state index contributed by atoms with van der Waals surface area (Å²) < 4.78 is 1.03. The number of nitrogens with zero attached hydrogens (tertiary/aromatic N) is 3. The van der Waals surface area contributed by atoms with Crippen molar-refractivity contribution < 1.29 is 9.59 Å². The van der Waals surface area contributed by atoms with Crippen LogP contribution in [0.15, 0.2) is 103 Å². The van der Waals surface area contributed by atoms with Crippen LogP contribution in [0.25, 0.3) is 10.2 Å². The molecule has 172 valence electrons. The summed E-state index contributed by atoms with van der Waals surface area (Å²) in [5, 5.41) is 3.48. The standard InChI is InChI=1S/C28H22N4O2S/c33-26(24-11-6-7-18-29-24)30-22-15-13-21(14-16-22)27(34)32(19-17-20-8-2-1-3-9-20)28-31-23-10-4-5-12-25(23)35-28/h1-16,18H,17,19H2,(H,30,33). The second-order valence-electron chi connectivity index (χ2n) is 7.90. The number of aromatic nitrogens is 2. The molecule has 1 N–H and O–H groups in total. The third kappa shape index (κ3) is 5.26. The van der Waals surface area contributed by atoms with Crippen LogP contribution in [0.3, 0.4) is 0 Å². The van der Waals surface area contributed by atoms with Crippen LogP contribution in [0.2, 0.25) is 0 Å². The molecule has 2 aromatic heterocycles. The minimum absolute atomic E-state index is 0.136. The number of carbonyl (C=O) groups excluding carboxylic acids is 2. The second-order valence-corrected chi connectivity index (χ2v) is 8.91. The van der Waals surface area contributed by atoms with Crippen LogP contribution < -0.4 is 10.2 Å². The molecule has 0 fully saturated rings. The molecule has 0 unspecified atom stereocenters. The minimum atomic E-state index is -0.302. The molecule has 2 heterocycles. The van der Waals surface area contributed by atoms with Gasteiger partial charge in [0.1, 0.15) is 5.69 Å². The Balaban J connectivity index is 1.37. The van der Waals surface area contributed by atoms with E-state index >= 15 is 0 Å². The Hall–Kier alpha value is -4.36. The first kappa shape index (κ1) is 22.4. The molecule has 0 saturated carbocycles. The fourth-order valence-electron chi connectivity index (χ4n) is 3.69. The van der Waals surface area contributed by atoms with E-state index in [0.717, 1.165) is 15.8 Å². The molecule has 0 saturated heterocycles.